The summed E-state index contributed by atoms with van der Waals surface area (Å²) in [5.74, 6) is -0.174. The van der Waals surface area contributed by atoms with Crippen LogP contribution >= 0.6 is 0 Å². The van der Waals surface area contributed by atoms with E-state index in [1.165, 1.54) is 6.07 Å². The third kappa shape index (κ3) is 4.42. The SMILES string of the molecule is CC(C)(C)NC(N)=NCc1ccc(C#N)cc1F. The van der Waals surface area contributed by atoms with Crippen molar-refractivity contribution in [2.45, 2.75) is 32.9 Å². The van der Waals surface area contributed by atoms with Gasteiger partial charge in [0.1, 0.15) is 5.82 Å². The van der Waals surface area contributed by atoms with Gasteiger partial charge in [0.2, 0.25) is 0 Å². The Kier molecular flexibility index (Phi) is 4.27. The van der Waals surface area contributed by atoms with Crippen LogP contribution in [0.25, 0.3) is 0 Å². The fourth-order valence-electron chi connectivity index (χ4n) is 1.34. The van der Waals surface area contributed by atoms with Crippen LogP contribution in [0.15, 0.2) is 23.2 Å². The summed E-state index contributed by atoms with van der Waals surface area (Å²) in [7, 11) is 0. The van der Waals surface area contributed by atoms with Gasteiger partial charge in [-0.05, 0) is 32.9 Å². The van der Waals surface area contributed by atoms with Gasteiger partial charge < -0.3 is 11.1 Å². The third-order valence-corrected chi connectivity index (χ3v) is 2.10. The Balaban J connectivity index is 2.75. The summed E-state index contributed by atoms with van der Waals surface area (Å²) in [6.07, 6.45) is 0. The first-order chi connectivity index (χ1) is 8.31. The standard InChI is InChI=1S/C13H17FN4/c1-13(2,3)18-12(16)17-8-10-5-4-9(7-15)6-11(10)14/h4-6H,8H2,1-3H3,(H3,16,17,18). The quantitative estimate of drug-likeness (QED) is 0.620. The average Bonchev–Trinajstić information content (AvgIpc) is 2.25. The normalized spacial score (nSPS) is 12.1. The van der Waals surface area contributed by atoms with E-state index in [1.54, 1.807) is 12.1 Å². The van der Waals surface area contributed by atoms with Gasteiger partial charge in [-0.25, -0.2) is 9.38 Å². The minimum atomic E-state index is -0.443. The minimum absolute atomic E-state index is 0.145. The van der Waals surface area contributed by atoms with Crippen molar-refractivity contribution in [3.05, 3.63) is 35.1 Å². The second-order valence-electron chi connectivity index (χ2n) is 4.99. The number of hydrogen-bond acceptors (Lipinski definition) is 2. The van der Waals surface area contributed by atoms with E-state index in [2.05, 4.69) is 10.3 Å². The van der Waals surface area contributed by atoms with Crippen molar-refractivity contribution in [3.63, 3.8) is 0 Å². The molecule has 1 aromatic rings. The summed E-state index contributed by atoms with van der Waals surface area (Å²) in [6.45, 7) is 6.01. The predicted molar refractivity (Wildman–Crippen MR) is 69.3 cm³/mol. The third-order valence-electron chi connectivity index (χ3n) is 2.10. The highest BCUT2D eigenvalue weighted by Gasteiger charge is 2.10. The van der Waals surface area contributed by atoms with Gasteiger partial charge in [-0.2, -0.15) is 5.26 Å². The van der Waals surface area contributed by atoms with E-state index in [4.69, 9.17) is 11.0 Å². The van der Waals surface area contributed by atoms with Crippen LogP contribution in [0, 0.1) is 17.1 Å². The van der Waals surface area contributed by atoms with E-state index in [-0.39, 0.29) is 18.0 Å². The number of guanidine groups is 1. The molecule has 18 heavy (non-hydrogen) atoms. The van der Waals surface area contributed by atoms with Crippen molar-refractivity contribution in [2.75, 3.05) is 0 Å². The largest absolute Gasteiger partial charge is 0.370 e. The molecule has 0 bridgehead atoms. The average molecular weight is 248 g/mol. The van der Waals surface area contributed by atoms with Crippen LogP contribution in [0.3, 0.4) is 0 Å². The van der Waals surface area contributed by atoms with Crippen LogP contribution < -0.4 is 11.1 Å². The Morgan fingerprint density at radius 3 is 2.67 bits per heavy atom. The fraction of sp³-hybridized carbons (Fsp3) is 0.385. The number of nitriles is 1. The molecule has 0 aliphatic rings. The first-order valence-corrected chi connectivity index (χ1v) is 5.58. The van der Waals surface area contributed by atoms with Crippen LogP contribution in [-0.2, 0) is 6.54 Å². The van der Waals surface area contributed by atoms with E-state index in [1.807, 2.05) is 26.8 Å². The second kappa shape index (κ2) is 5.50. The maximum Gasteiger partial charge on any atom is 0.189 e. The van der Waals surface area contributed by atoms with Crippen LogP contribution in [-0.4, -0.2) is 11.5 Å². The Labute approximate surface area is 106 Å². The van der Waals surface area contributed by atoms with Gasteiger partial charge in [-0.1, -0.05) is 6.07 Å². The molecule has 0 spiro atoms. The van der Waals surface area contributed by atoms with Gasteiger partial charge in [0.05, 0.1) is 18.2 Å². The number of rotatable bonds is 2. The lowest BCUT2D eigenvalue weighted by Gasteiger charge is -2.21. The van der Waals surface area contributed by atoms with Crippen LogP contribution in [0.2, 0.25) is 0 Å². The number of nitrogens with two attached hydrogens (primary N) is 1. The van der Waals surface area contributed by atoms with Crippen molar-refractivity contribution >= 4 is 5.96 Å². The summed E-state index contributed by atoms with van der Waals surface area (Å²) in [5.41, 5.74) is 6.20. The summed E-state index contributed by atoms with van der Waals surface area (Å²) in [5, 5.41) is 11.6. The number of nitrogens with one attached hydrogen (secondary N) is 1. The summed E-state index contributed by atoms with van der Waals surface area (Å²) in [4.78, 5) is 4.06. The Bertz CT molecular complexity index is 495. The maximum absolute atomic E-state index is 13.5. The molecular formula is C13H17FN4. The molecule has 0 amide bonds. The zero-order valence-corrected chi connectivity index (χ0v) is 10.8. The molecular weight excluding hydrogens is 231 g/mol. The predicted octanol–water partition coefficient (Wildman–Crippen LogP) is 1.90. The highest BCUT2D eigenvalue weighted by molar-refractivity contribution is 5.78. The van der Waals surface area contributed by atoms with Gasteiger partial charge in [-0.3, -0.25) is 0 Å². The molecule has 3 N–H and O–H groups in total. The number of aliphatic imine (C=N–C) groups is 1. The smallest absolute Gasteiger partial charge is 0.189 e. The summed E-state index contributed by atoms with van der Waals surface area (Å²) < 4.78 is 13.5. The monoisotopic (exact) mass is 248 g/mol. The van der Waals surface area contributed by atoms with Gasteiger partial charge >= 0.3 is 0 Å². The summed E-state index contributed by atoms with van der Waals surface area (Å²) >= 11 is 0. The Morgan fingerprint density at radius 1 is 1.50 bits per heavy atom. The van der Waals surface area contributed by atoms with Crippen molar-refractivity contribution in [2.24, 2.45) is 10.7 Å². The van der Waals surface area contributed by atoms with Gasteiger partial charge in [0, 0.05) is 11.1 Å². The van der Waals surface area contributed by atoms with Crippen molar-refractivity contribution in [1.29, 1.82) is 5.26 Å². The van der Waals surface area contributed by atoms with Crippen molar-refractivity contribution < 1.29 is 4.39 Å². The lowest BCUT2D eigenvalue weighted by Crippen LogP contribution is -2.44. The molecule has 0 fully saturated rings. The molecule has 4 nitrogen and oxygen atoms in total. The molecule has 0 aliphatic carbocycles. The number of nitrogens with zero attached hydrogens (tertiary/aromatic N) is 2. The zero-order valence-electron chi connectivity index (χ0n) is 10.8. The Hall–Kier alpha value is -2.09. The van der Waals surface area contributed by atoms with E-state index in [0.717, 1.165) is 0 Å². The number of benzene rings is 1. The number of hydrogen-bond donors (Lipinski definition) is 2. The minimum Gasteiger partial charge on any atom is -0.370 e. The first-order valence-electron chi connectivity index (χ1n) is 5.58. The Morgan fingerprint density at radius 2 is 2.17 bits per heavy atom. The highest BCUT2D eigenvalue weighted by atomic mass is 19.1. The van der Waals surface area contributed by atoms with Crippen molar-refractivity contribution in [1.82, 2.24) is 5.32 Å². The zero-order chi connectivity index (χ0) is 13.8. The molecule has 96 valence electrons. The molecule has 5 heteroatoms. The second-order valence-corrected chi connectivity index (χ2v) is 4.99. The van der Waals surface area contributed by atoms with E-state index >= 15 is 0 Å². The molecule has 0 radical (unpaired) electrons. The molecule has 1 aromatic carbocycles. The topological polar surface area (TPSA) is 74.2 Å². The van der Waals surface area contributed by atoms with Crippen LogP contribution in [0.5, 0.6) is 0 Å². The molecule has 0 heterocycles. The van der Waals surface area contributed by atoms with Gasteiger partial charge in [0.15, 0.2) is 5.96 Å². The molecule has 0 saturated carbocycles. The van der Waals surface area contributed by atoms with Gasteiger partial charge in [-0.15, -0.1) is 0 Å². The first kappa shape index (κ1) is 14.0. The molecule has 0 atom stereocenters. The molecule has 0 aliphatic heterocycles. The fourth-order valence-corrected chi connectivity index (χ4v) is 1.34. The van der Waals surface area contributed by atoms with E-state index in [9.17, 15) is 4.39 Å². The van der Waals surface area contributed by atoms with E-state index < -0.39 is 5.82 Å². The lowest BCUT2D eigenvalue weighted by atomic mass is 10.1. The lowest BCUT2D eigenvalue weighted by molar-refractivity contribution is 0.508. The van der Waals surface area contributed by atoms with Crippen LogP contribution in [0.1, 0.15) is 31.9 Å². The maximum atomic E-state index is 13.5. The van der Waals surface area contributed by atoms with E-state index in [0.29, 0.717) is 11.1 Å². The molecule has 0 unspecified atom stereocenters. The highest BCUT2D eigenvalue weighted by Crippen LogP contribution is 2.11. The molecule has 0 aromatic heterocycles. The van der Waals surface area contributed by atoms with Gasteiger partial charge in [0.25, 0.3) is 0 Å². The summed E-state index contributed by atoms with van der Waals surface area (Å²) in [6, 6.07) is 6.17. The molecule has 1 rings (SSSR count). The van der Waals surface area contributed by atoms with Crippen LogP contribution in [0.4, 0.5) is 4.39 Å². The van der Waals surface area contributed by atoms with Crippen molar-refractivity contribution in [3.8, 4) is 6.07 Å². The number of halogens is 1. The molecule has 0 saturated heterocycles.